The Morgan fingerprint density at radius 3 is 3.20 bits per heavy atom. The molecule has 0 bridgehead atoms. The molecule has 1 aliphatic heterocycles. The summed E-state index contributed by atoms with van der Waals surface area (Å²) in [6, 6.07) is 1.75. The Morgan fingerprint density at radius 1 is 1.60 bits per heavy atom. The second-order valence-electron chi connectivity index (χ2n) is 5.00. The topological polar surface area (TPSA) is 59.2 Å². The molecule has 0 aromatic carbocycles. The minimum Gasteiger partial charge on any atom is -0.351 e. The van der Waals surface area contributed by atoms with E-state index in [9.17, 15) is 4.79 Å². The largest absolute Gasteiger partial charge is 0.351 e. The number of carbonyl (C=O) groups is 1. The zero-order chi connectivity index (χ0) is 13.9. The van der Waals surface area contributed by atoms with Crippen LogP contribution in [0.3, 0.4) is 0 Å². The maximum atomic E-state index is 12.4. The molecule has 1 fully saturated rings. The van der Waals surface area contributed by atoms with Crippen molar-refractivity contribution in [1.29, 1.82) is 0 Å². The van der Waals surface area contributed by atoms with Gasteiger partial charge in [0, 0.05) is 36.7 Å². The lowest BCUT2D eigenvalue weighted by Crippen LogP contribution is -2.38. The number of amides is 1. The lowest BCUT2D eigenvalue weighted by Gasteiger charge is -2.31. The SMILES string of the molecule is CCc1cc(C(=O)N2CCC[C@@H](c3nccs3)C2)on1. The Kier molecular flexibility index (Phi) is 3.82. The van der Waals surface area contributed by atoms with E-state index in [1.807, 2.05) is 23.4 Å². The zero-order valence-corrected chi connectivity index (χ0v) is 12.2. The van der Waals surface area contributed by atoms with Crippen LogP contribution in [0, 0.1) is 0 Å². The van der Waals surface area contributed by atoms with Crippen LogP contribution in [0.5, 0.6) is 0 Å². The predicted molar refractivity (Wildman–Crippen MR) is 75.9 cm³/mol. The highest BCUT2D eigenvalue weighted by molar-refractivity contribution is 7.09. The van der Waals surface area contributed by atoms with Crippen molar-refractivity contribution in [3.8, 4) is 0 Å². The minimum absolute atomic E-state index is 0.0570. The number of piperidine rings is 1. The molecule has 2 aromatic rings. The number of thiazole rings is 1. The van der Waals surface area contributed by atoms with Crippen molar-refractivity contribution in [1.82, 2.24) is 15.0 Å². The lowest BCUT2D eigenvalue weighted by molar-refractivity contribution is 0.0665. The third-order valence-corrected chi connectivity index (χ3v) is 4.58. The molecule has 1 atom stereocenters. The van der Waals surface area contributed by atoms with Crippen molar-refractivity contribution in [2.24, 2.45) is 0 Å². The van der Waals surface area contributed by atoms with Crippen molar-refractivity contribution >= 4 is 17.2 Å². The molecule has 0 spiro atoms. The fraction of sp³-hybridized carbons (Fsp3) is 0.500. The number of aromatic nitrogens is 2. The van der Waals surface area contributed by atoms with Crippen LogP contribution in [0.15, 0.2) is 22.2 Å². The van der Waals surface area contributed by atoms with E-state index >= 15 is 0 Å². The fourth-order valence-corrected chi connectivity index (χ4v) is 3.30. The van der Waals surface area contributed by atoms with Gasteiger partial charge in [-0.05, 0) is 19.3 Å². The number of hydrogen-bond acceptors (Lipinski definition) is 5. The highest BCUT2D eigenvalue weighted by Crippen LogP contribution is 2.28. The molecule has 0 radical (unpaired) electrons. The Balaban J connectivity index is 1.71. The van der Waals surface area contributed by atoms with Gasteiger partial charge in [-0.15, -0.1) is 11.3 Å². The van der Waals surface area contributed by atoms with Crippen LogP contribution in [-0.2, 0) is 6.42 Å². The predicted octanol–water partition coefficient (Wildman–Crippen LogP) is 2.71. The third-order valence-electron chi connectivity index (χ3n) is 3.64. The first-order valence-corrected chi connectivity index (χ1v) is 7.80. The molecule has 3 rings (SSSR count). The van der Waals surface area contributed by atoms with E-state index in [1.54, 1.807) is 17.4 Å². The average Bonchev–Trinajstić information content (AvgIpc) is 3.17. The Hall–Kier alpha value is -1.69. The number of carbonyl (C=O) groups excluding carboxylic acids is 1. The molecule has 6 heteroatoms. The standard InChI is InChI=1S/C14H17N3O2S/c1-2-11-8-12(19-16-11)14(18)17-6-3-4-10(9-17)13-15-5-7-20-13/h5,7-8,10H,2-4,6,9H2,1H3/t10-/m1/s1. The van der Waals surface area contributed by atoms with E-state index in [-0.39, 0.29) is 5.91 Å². The number of rotatable bonds is 3. The highest BCUT2D eigenvalue weighted by atomic mass is 32.1. The maximum absolute atomic E-state index is 12.4. The molecular formula is C14H17N3O2S. The van der Waals surface area contributed by atoms with Gasteiger partial charge in [-0.1, -0.05) is 12.1 Å². The molecule has 5 nitrogen and oxygen atoms in total. The molecule has 1 amide bonds. The maximum Gasteiger partial charge on any atom is 0.292 e. The highest BCUT2D eigenvalue weighted by Gasteiger charge is 2.28. The van der Waals surface area contributed by atoms with Crippen molar-refractivity contribution in [3.63, 3.8) is 0 Å². The molecule has 1 aliphatic rings. The molecule has 0 aliphatic carbocycles. The van der Waals surface area contributed by atoms with Crippen LogP contribution in [0.25, 0.3) is 0 Å². The molecule has 0 unspecified atom stereocenters. The first-order chi connectivity index (χ1) is 9.78. The number of likely N-dealkylation sites (tertiary alicyclic amines) is 1. The van der Waals surface area contributed by atoms with Crippen LogP contribution >= 0.6 is 11.3 Å². The second kappa shape index (κ2) is 5.75. The van der Waals surface area contributed by atoms with Gasteiger partial charge in [0.05, 0.1) is 10.7 Å². The summed E-state index contributed by atoms with van der Waals surface area (Å²) in [7, 11) is 0. The van der Waals surface area contributed by atoms with E-state index in [0.717, 1.165) is 36.5 Å². The average molecular weight is 291 g/mol. The number of aryl methyl sites for hydroxylation is 1. The molecular weight excluding hydrogens is 274 g/mol. The summed E-state index contributed by atoms with van der Waals surface area (Å²) in [5.41, 5.74) is 0.821. The normalized spacial score (nSPS) is 19.2. The van der Waals surface area contributed by atoms with Gasteiger partial charge in [0.25, 0.3) is 5.91 Å². The lowest BCUT2D eigenvalue weighted by atomic mass is 9.98. The molecule has 1 saturated heterocycles. The van der Waals surface area contributed by atoms with Crippen LogP contribution in [0.1, 0.15) is 46.9 Å². The summed E-state index contributed by atoms with van der Waals surface area (Å²) in [5.74, 6) is 0.640. The second-order valence-corrected chi connectivity index (χ2v) is 5.92. The smallest absolute Gasteiger partial charge is 0.292 e. The van der Waals surface area contributed by atoms with Crippen molar-refractivity contribution < 1.29 is 9.32 Å². The van der Waals surface area contributed by atoms with Gasteiger partial charge in [-0.3, -0.25) is 4.79 Å². The summed E-state index contributed by atoms with van der Waals surface area (Å²) in [6.07, 6.45) is 4.70. The first-order valence-electron chi connectivity index (χ1n) is 6.92. The summed E-state index contributed by atoms with van der Waals surface area (Å²) >= 11 is 1.66. The van der Waals surface area contributed by atoms with Gasteiger partial charge in [-0.2, -0.15) is 0 Å². The van der Waals surface area contributed by atoms with E-state index in [4.69, 9.17) is 4.52 Å². The summed E-state index contributed by atoms with van der Waals surface area (Å²) in [4.78, 5) is 18.6. The van der Waals surface area contributed by atoms with Crippen molar-refractivity contribution in [3.05, 3.63) is 34.1 Å². The molecule has 0 N–H and O–H groups in total. The molecule has 3 heterocycles. The van der Waals surface area contributed by atoms with Crippen molar-refractivity contribution in [2.75, 3.05) is 13.1 Å². The van der Waals surface area contributed by atoms with E-state index in [0.29, 0.717) is 18.2 Å². The zero-order valence-electron chi connectivity index (χ0n) is 11.4. The Bertz CT molecular complexity index is 579. The van der Waals surface area contributed by atoms with Crippen LogP contribution in [0.2, 0.25) is 0 Å². The van der Waals surface area contributed by atoms with Crippen LogP contribution in [-0.4, -0.2) is 34.0 Å². The van der Waals surface area contributed by atoms with Gasteiger partial charge in [0.2, 0.25) is 5.76 Å². The summed E-state index contributed by atoms with van der Waals surface area (Å²) in [6.45, 7) is 3.49. The van der Waals surface area contributed by atoms with Gasteiger partial charge in [0.1, 0.15) is 0 Å². The quantitative estimate of drug-likeness (QED) is 0.872. The van der Waals surface area contributed by atoms with Gasteiger partial charge < -0.3 is 9.42 Å². The first kappa shape index (κ1) is 13.3. The van der Waals surface area contributed by atoms with Crippen molar-refractivity contribution in [2.45, 2.75) is 32.1 Å². The molecule has 106 valence electrons. The third kappa shape index (κ3) is 2.60. The molecule has 0 saturated carbocycles. The van der Waals surface area contributed by atoms with E-state index in [2.05, 4.69) is 10.1 Å². The van der Waals surface area contributed by atoms with E-state index < -0.39 is 0 Å². The molecule has 2 aromatic heterocycles. The Labute approximate surface area is 121 Å². The van der Waals surface area contributed by atoms with Gasteiger partial charge in [0.15, 0.2) is 0 Å². The fourth-order valence-electron chi connectivity index (χ4n) is 2.53. The van der Waals surface area contributed by atoms with E-state index in [1.165, 1.54) is 0 Å². The summed E-state index contributed by atoms with van der Waals surface area (Å²) in [5, 5.41) is 6.99. The summed E-state index contributed by atoms with van der Waals surface area (Å²) < 4.78 is 5.14. The minimum atomic E-state index is -0.0570. The number of hydrogen-bond donors (Lipinski definition) is 0. The van der Waals surface area contributed by atoms with Gasteiger partial charge in [-0.25, -0.2) is 4.98 Å². The monoisotopic (exact) mass is 291 g/mol. The van der Waals surface area contributed by atoms with Gasteiger partial charge >= 0.3 is 0 Å². The number of nitrogens with zero attached hydrogens (tertiary/aromatic N) is 3. The molecule has 20 heavy (non-hydrogen) atoms. The Morgan fingerprint density at radius 2 is 2.50 bits per heavy atom. The van der Waals surface area contributed by atoms with Crippen LogP contribution in [0.4, 0.5) is 0 Å². The van der Waals surface area contributed by atoms with Crippen LogP contribution < -0.4 is 0 Å².